The summed E-state index contributed by atoms with van der Waals surface area (Å²) in [6, 6.07) is 0. The Bertz CT molecular complexity index is 422. The number of ether oxygens (including phenoxy) is 1. The molecule has 6 nitrogen and oxygen atoms in total. The van der Waals surface area contributed by atoms with Gasteiger partial charge in [0.1, 0.15) is 0 Å². The molecule has 0 aliphatic heterocycles. The predicted molar refractivity (Wildman–Crippen MR) is 91.0 cm³/mol. The molecule has 0 saturated carbocycles. The molecule has 0 unspecified atom stereocenters. The molecule has 0 aromatic rings. The molecule has 0 aromatic carbocycles. The number of carbonyl (C=O) groups is 2. The van der Waals surface area contributed by atoms with Crippen molar-refractivity contribution in [2.45, 2.75) is 78.1 Å². The van der Waals surface area contributed by atoms with Gasteiger partial charge in [-0.2, -0.15) is 8.42 Å². The van der Waals surface area contributed by atoms with Gasteiger partial charge in [-0.05, 0) is 13.3 Å². The van der Waals surface area contributed by atoms with Crippen LogP contribution in [-0.2, 0) is 23.8 Å². The fourth-order valence-electron chi connectivity index (χ4n) is 1.98. The van der Waals surface area contributed by atoms with Crippen LogP contribution in [0.25, 0.3) is 0 Å². The first-order valence-electron chi connectivity index (χ1n) is 8.08. The zero-order valence-corrected chi connectivity index (χ0v) is 14.5. The average molecular weight is 360 g/mol. The second-order valence-corrected chi connectivity index (χ2v) is 6.64. The first kappa shape index (κ1) is 25.3. The van der Waals surface area contributed by atoms with E-state index in [2.05, 4.69) is 15.8 Å². The Labute approximate surface area is 162 Å². The normalized spacial score (nSPS) is 10.9. The quantitative estimate of drug-likeness (QED) is 0.174. The molecule has 8 heteroatoms. The summed E-state index contributed by atoms with van der Waals surface area (Å²) in [6.45, 7) is 3.43. The van der Waals surface area contributed by atoms with E-state index < -0.39 is 21.4 Å². The van der Waals surface area contributed by atoms with Gasteiger partial charge in [0.25, 0.3) is 0 Å². The molecule has 0 aliphatic carbocycles. The summed E-state index contributed by atoms with van der Waals surface area (Å²) < 4.78 is 30.8. The van der Waals surface area contributed by atoms with Crippen LogP contribution in [0, 0.1) is 0 Å². The molecule has 0 bridgehead atoms. The van der Waals surface area contributed by atoms with E-state index in [0.717, 1.165) is 19.3 Å². The molecule has 0 aromatic heterocycles. The van der Waals surface area contributed by atoms with Gasteiger partial charge in [-0.1, -0.05) is 58.3 Å². The van der Waals surface area contributed by atoms with Crippen molar-refractivity contribution in [2.24, 2.45) is 0 Å². The maximum atomic E-state index is 11.3. The zero-order chi connectivity index (χ0) is 16.8. The van der Waals surface area contributed by atoms with E-state index >= 15 is 0 Å². The topological polar surface area (TPSA) is 86.7 Å². The van der Waals surface area contributed by atoms with Gasteiger partial charge in [-0.3, -0.25) is 8.98 Å². The molecule has 0 amide bonds. The number of hydrogen-bond donors (Lipinski definition) is 0. The number of unbranched alkanes of at least 4 members (excludes halogenated alkanes) is 8. The molecule has 0 N–H and O–H groups in total. The monoisotopic (exact) mass is 360 g/mol. The molecule has 0 fully saturated rings. The Morgan fingerprint density at radius 3 is 1.78 bits per heavy atom. The van der Waals surface area contributed by atoms with E-state index in [1.807, 2.05) is 0 Å². The zero-order valence-electron chi connectivity index (χ0n) is 13.6. The van der Waals surface area contributed by atoms with Gasteiger partial charge in [0, 0.05) is 6.42 Å². The first-order chi connectivity index (χ1) is 10.4. The van der Waals surface area contributed by atoms with Crippen molar-refractivity contribution in [1.29, 1.82) is 0 Å². The fraction of sp³-hybridized carbons (Fsp3) is 0.867. The second-order valence-electron chi connectivity index (χ2n) is 5.16. The standard InChI is InChI=1S/C15H28O6S.Na.H/c1-3-5-6-7-8-9-10-11-12-13-14(16)21-15(17)22(18,19)20-4-2;;/h3-13H2,1-2H3;;. The summed E-state index contributed by atoms with van der Waals surface area (Å²) in [6.07, 6.45) is 9.92. The van der Waals surface area contributed by atoms with E-state index in [-0.39, 0.29) is 42.6 Å². The Kier molecular flexibility index (Phi) is 17.1. The average Bonchev–Trinajstić information content (AvgIpc) is 2.45. The van der Waals surface area contributed by atoms with Crippen molar-refractivity contribution in [1.82, 2.24) is 0 Å². The van der Waals surface area contributed by atoms with Gasteiger partial charge in [0.05, 0.1) is 6.61 Å². The van der Waals surface area contributed by atoms with Crippen molar-refractivity contribution in [3.05, 3.63) is 0 Å². The van der Waals surface area contributed by atoms with E-state index in [0.29, 0.717) is 6.42 Å². The number of hydrogen-bond acceptors (Lipinski definition) is 6. The van der Waals surface area contributed by atoms with Crippen LogP contribution in [0.2, 0.25) is 0 Å². The van der Waals surface area contributed by atoms with Crippen LogP contribution >= 0.6 is 0 Å². The van der Waals surface area contributed by atoms with E-state index in [1.54, 1.807) is 0 Å². The fourth-order valence-corrected chi connectivity index (χ4v) is 2.58. The van der Waals surface area contributed by atoms with Crippen LogP contribution in [0.5, 0.6) is 0 Å². The Morgan fingerprint density at radius 2 is 1.30 bits per heavy atom. The third-order valence-corrected chi connectivity index (χ3v) is 4.20. The number of esters is 1. The van der Waals surface area contributed by atoms with Crippen molar-refractivity contribution in [2.75, 3.05) is 6.61 Å². The molecule has 23 heavy (non-hydrogen) atoms. The van der Waals surface area contributed by atoms with Crippen LogP contribution in [0.4, 0.5) is 4.79 Å². The Hall–Kier alpha value is 0.0500. The van der Waals surface area contributed by atoms with Crippen LogP contribution in [0.15, 0.2) is 0 Å². The van der Waals surface area contributed by atoms with Gasteiger partial charge in [-0.15, -0.1) is 0 Å². The predicted octanol–water partition coefficient (Wildman–Crippen LogP) is 3.29. The molecule has 0 spiro atoms. The SMILES string of the molecule is CCCCCCCCCCCC(=O)OC(=O)S(=O)(=O)OCC.[NaH]. The Morgan fingerprint density at radius 1 is 0.826 bits per heavy atom. The van der Waals surface area contributed by atoms with E-state index in [4.69, 9.17) is 0 Å². The van der Waals surface area contributed by atoms with Crippen LogP contribution in [0.3, 0.4) is 0 Å². The summed E-state index contributed by atoms with van der Waals surface area (Å²) in [7, 11) is -4.44. The molecular formula is C15H29NaO6S. The van der Waals surface area contributed by atoms with Crippen molar-refractivity contribution < 1.29 is 26.9 Å². The van der Waals surface area contributed by atoms with E-state index in [9.17, 15) is 18.0 Å². The second kappa shape index (κ2) is 15.6. The summed E-state index contributed by atoms with van der Waals surface area (Å²) in [5.41, 5.74) is 0. The van der Waals surface area contributed by atoms with Crippen molar-refractivity contribution in [3.8, 4) is 0 Å². The molecule has 0 heterocycles. The maximum absolute atomic E-state index is 11.3. The summed E-state index contributed by atoms with van der Waals surface area (Å²) in [5.74, 6) is -0.823. The Balaban J connectivity index is 0. The molecule has 0 aliphatic rings. The number of rotatable bonds is 12. The van der Waals surface area contributed by atoms with Gasteiger partial charge in [0.2, 0.25) is 0 Å². The van der Waals surface area contributed by atoms with Crippen LogP contribution < -0.4 is 0 Å². The molecule has 0 rings (SSSR count). The summed E-state index contributed by atoms with van der Waals surface area (Å²) in [5, 5.41) is -1.63. The molecule has 132 valence electrons. The van der Waals surface area contributed by atoms with Crippen LogP contribution in [-0.4, -0.2) is 55.9 Å². The molecule has 0 saturated heterocycles. The van der Waals surface area contributed by atoms with Crippen LogP contribution in [0.1, 0.15) is 78.1 Å². The van der Waals surface area contributed by atoms with Crippen molar-refractivity contribution >= 4 is 50.9 Å². The van der Waals surface area contributed by atoms with Gasteiger partial charge >= 0.3 is 50.9 Å². The molecule has 0 atom stereocenters. The third-order valence-electron chi connectivity index (χ3n) is 3.16. The van der Waals surface area contributed by atoms with Crippen molar-refractivity contribution in [3.63, 3.8) is 0 Å². The third kappa shape index (κ3) is 14.1. The summed E-state index contributed by atoms with van der Waals surface area (Å²) >= 11 is 0. The minimum atomic E-state index is -4.44. The minimum absolute atomic E-state index is 0. The first-order valence-corrected chi connectivity index (χ1v) is 9.49. The van der Waals surface area contributed by atoms with Gasteiger partial charge in [0.15, 0.2) is 0 Å². The molecule has 0 radical (unpaired) electrons. The summed E-state index contributed by atoms with van der Waals surface area (Å²) in [4.78, 5) is 22.5. The van der Waals surface area contributed by atoms with Gasteiger partial charge in [-0.25, -0.2) is 4.79 Å². The van der Waals surface area contributed by atoms with E-state index in [1.165, 1.54) is 39.0 Å². The van der Waals surface area contributed by atoms with Gasteiger partial charge < -0.3 is 4.74 Å². The molecular weight excluding hydrogens is 331 g/mol. The number of carbonyl (C=O) groups excluding carboxylic acids is 2.